The second-order valence-corrected chi connectivity index (χ2v) is 9.63. The van der Waals surface area contributed by atoms with Crippen molar-refractivity contribution in [2.24, 2.45) is 5.92 Å². The summed E-state index contributed by atoms with van der Waals surface area (Å²) in [6, 6.07) is 8.09. The zero-order chi connectivity index (χ0) is 22.4. The zero-order valence-corrected chi connectivity index (χ0v) is 19.9. The molecule has 0 N–H and O–H groups in total. The van der Waals surface area contributed by atoms with E-state index >= 15 is 0 Å². The standard InChI is InChI=1S/C24H39NO4S/c1-5-8-9-10-11-15-18-29-24(26)23(19-21(4)20-25(6-2)7-3)30(27,28)22-16-13-12-14-17-22/h12-14,16-17,19,21H,5-11,15,18,20H2,1-4H3/b23-19+. The van der Waals surface area contributed by atoms with Crippen molar-refractivity contribution in [3.05, 3.63) is 41.3 Å². The Bertz CT molecular complexity index is 740. The molecule has 1 rings (SSSR count). The largest absolute Gasteiger partial charge is 0.462 e. The molecule has 170 valence electrons. The number of benzene rings is 1. The lowest BCUT2D eigenvalue weighted by atomic mass is 10.1. The first-order chi connectivity index (χ1) is 14.4. The van der Waals surface area contributed by atoms with Crippen LogP contribution in [0.25, 0.3) is 0 Å². The number of nitrogens with zero attached hydrogens (tertiary/aromatic N) is 1. The number of unbranched alkanes of at least 4 members (excludes halogenated alkanes) is 5. The van der Waals surface area contributed by atoms with E-state index in [1.807, 2.05) is 6.92 Å². The molecule has 30 heavy (non-hydrogen) atoms. The van der Waals surface area contributed by atoms with Crippen molar-refractivity contribution < 1.29 is 17.9 Å². The predicted octanol–water partition coefficient (Wildman–Crippen LogP) is 5.23. The molecule has 0 radical (unpaired) electrons. The maximum Gasteiger partial charge on any atom is 0.349 e. The van der Waals surface area contributed by atoms with Crippen molar-refractivity contribution >= 4 is 15.8 Å². The molecule has 0 aliphatic carbocycles. The fourth-order valence-electron chi connectivity index (χ4n) is 3.31. The van der Waals surface area contributed by atoms with Gasteiger partial charge in [0.1, 0.15) is 0 Å². The summed E-state index contributed by atoms with van der Waals surface area (Å²) >= 11 is 0. The monoisotopic (exact) mass is 437 g/mol. The third-order valence-corrected chi connectivity index (χ3v) is 6.93. The first-order valence-electron chi connectivity index (χ1n) is 11.3. The first-order valence-corrected chi connectivity index (χ1v) is 12.8. The molecular weight excluding hydrogens is 398 g/mol. The van der Waals surface area contributed by atoms with Gasteiger partial charge in [-0.2, -0.15) is 0 Å². The Hall–Kier alpha value is -1.66. The van der Waals surface area contributed by atoms with E-state index < -0.39 is 15.8 Å². The van der Waals surface area contributed by atoms with Crippen LogP contribution in [0.4, 0.5) is 0 Å². The summed E-state index contributed by atoms with van der Waals surface area (Å²) in [6.45, 7) is 10.9. The number of ether oxygens (including phenoxy) is 1. The van der Waals surface area contributed by atoms with Gasteiger partial charge in [0.2, 0.25) is 9.84 Å². The van der Waals surface area contributed by atoms with Gasteiger partial charge in [0, 0.05) is 6.54 Å². The lowest BCUT2D eigenvalue weighted by Gasteiger charge is -2.21. The van der Waals surface area contributed by atoms with Gasteiger partial charge in [0.25, 0.3) is 0 Å². The molecule has 0 aliphatic heterocycles. The van der Waals surface area contributed by atoms with Crippen LogP contribution in [-0.2, 0) is 19.4 Å². The Morgan fingerprint density at radius 3 is 2.20 bits per heavy atom. The lowest BCUT2D eigenvalue weighted by molar-refractivity contribution is -0.138. The molecule has 0 heterocycles. The minimum absolute atomic E-state index is 0.0972. The molecule has 1 aromatic rings. The lowest BCUT2D eigenvalue weighted by Crippen LogP contribution is -2.28. The summed E-state index contributed by atoms with van der Waals surface area (Å²) in [5.41, 5.74) is 0. The number of carbonyl (C=O) groups excluding carboxylic acids is 1. The highest BCUT2D eigenvalue weighted by molar-refractivity contribution is 7.96. The van der Waals surface area contributed by atoms with Crippen LogP contribution in [0, 0.1) is 5.92 Å². The quantitative estimate of drug-likeness (QED) is 0.214. The average molecular weight is 438 g/mol. The van der Waals surface area contributed by atoms with E-state index in [0.29, 0.717) is 6.54 Å². The van der Waals surface area contributed by atoms with Crippen LogP contribution in [0.1, 0.15) is 66.2 Å². The summed E-state index contributed by atoms with van der Waals surface area (Å²) in [5.74, 6) is -0.848. The molecule has 1 atom stereocenters. The molecular formula is C24H39NO4S. The molecule has 0 amide bonds. The van der Waals surface area contributed by atoms with Gasteiger partial charge in [-0.25, -0.2) is 13.2 Å². The van der Waals surface area contributed by atoms with E-state index in [2.05, 4.69) is 25.7 Å². The molecule has 0 fully saturated rings. The van der Waals surface area contributed by atoms with E-state index in [0.717, 1.165) is 32.4 Å². The van der Waals surface area contributed by atoms with Gasteiger partial charge in [-0.1, -0.05) is 84.1 Å². The van der Waals surface area contributed by atoms with Crippen LogP contribution < -0.4 is 0 Å². The molecule has 0 saturated heterocycles. The van der Waals surface area contributed by atoms with Crippen molar-refractivity contribution in [3.63, 3.8) is 0 Å². The average Bonchev–Trinajstić information content (AvgIpc) is 2.75. The van der Waals surface area contributed by atoms with Crippen LogP contribution in [0.15, 0.2) is 46.2 Å². The predicted molar refractivity (Wildman–Crippen MR) is 123 cm³/mol. The van der Waals surface area contributed by atoms with Gasteiger partial charge in [-0.15, -0.1) is 0 Å². The first kappa shape index (κ1) is 26.4. The summed E-state index contributed by atoms with van der Waals surface area (Å²) in [4.78, 5) is 14.8. The van der Waals surface area contributed by atoms with E-state index in [9.17, 15) is 13.2 Å². The second-order valence-electron chi connectivity index (χ2n) is 7.71. The maximum absolute atomic E-state index is 13.2. The summed E-state index contributed by atoms with van der Waals surface area (Å²) in [7, 11) is -3.93. The molecule has 0 bridgehead atoms. The van der Waals surface area contributed by atoms with Crippen LogP contribution >= 0.6 is 0 Å². The van der Waals surface area contributed by atoms with Gasteiger partial charge < -0.3 is 9.64 Å². The second kappa shape index (κ2) is 14.4. The number of esters is 1. The molecule has 5 nitrogen and oxygen atoms in total. The maximum atomic E-state index is 13.2. The minimum atomic E-state index is -3.93. The topological polar surface area (TPSA) is 63.7 Å². The molecule has 1 unspecified atom stereocenters. The fraction of sp³-hybridized carbons (Fsp3) is 0.625. The Balaban J connectivity index is 2.92. The highest BCUT2D eigenvalue weighted by atomic mass is 32.2. The molecule has 0 aromatic heterocycles. The van der Waals surface area contributed by atoms with Gasteiger partial charge in [0.05, 0.1) is 11.5 Å². The molecule has 0 spiro atoms. The smallest absolute Gasteiger partial charge is 0.349 e. The number of sulfone groups is 1. The van der Waals surface area contributed by atoms with E-state index in [1.54, 1.807) is 24.3 Å². The highest BCUT2D eigenvalue weighted by Gasteiger charge is 2.29. The Morgan fingerprint density at radius 2 is 1.60 bits per heavy atom. The van der Waals surface area contributed by atoms with Gasteiger partial charge in [-0.05, 0) is 37.6 Å². The summed E-state index contributed by atoms with van der Waals surface area (Å²) in [6.07, 6.45) is 7.99. The van der Waals surface area contributed by atoms with Crippen molar-refractivity contribution in [2.75, 3.05) is 26.2 Å². The number of hydrogen-bond donors (Lipinski definition) is 0. The summed E-state index contributed by atoms with van der Waals surface area (Å²) < 4.78 is 31.7. The number of hydrogen-bond acceptors (Lipinski definition) is 5. The van der Waals surface area contributed by atoms with Gasteiger partial charge in [-0.3, -0.25) is 0 Å². The van der Waals surface area contributed by atoms with E-state index in [-0.39, 0.29) is 22.3 Å². The molecule has 1 aromatic carbocycles. The summed E-state index contributed by atoms with van der Waals surface area (Å²) in [5, 5.41) is 0. The highest BCUT2D eigenvalue weighted by Crippen LogP contribution is 2.22. The van der Waals surface area contributed by atoms with Crippen LogP contribution in [0.5, 0.6) is 0 Å². The normalized spacial score (nSPS) is 13.4. The van der Waals surface area contributed by atoms with Crippen LogP contribution in [0.2, 0.25) is 0 Å². The zero-order valence-electron chi connectivity index (χ0n) is 19.1. The molecule has 0 saturated carbocycles. The molecule has 6 heteroatoms. The van der Waals surface area contributed by atoms with Crippen LogP contribution in [0.3, 0.4) is 0 Å². The van der Waals surface area contributed by atoms with Crippen LogP contribution in [-0.4, -0.2) is 45.5 Å². The van der Waals surface area contributed by atoms with Gasteiger partial charge in [0.15, 0.2) is 4.91 Å². The number of carbonyl (C=O) groups is 1. The van der Waals surface area contributed by atoms with Crippen molar-refractivity contribution in [1.29, 1.82) is 0 Å². The number of rotatable bonds is 15. The fourth-order valence-corrected chi connectivity index (χ4v) is 4.77. The third-order valence-electron chi connectivity index (χ3n) is 5.15. The van der Waals surface area contributed by atoms with E-state index in [4.69, 9.17) is 4.74 Å². The SMILES string of the molecule is CCCCCCCCOC(=O)/C(=C\C(C)CN(CC)CC)S(=O)(=O)c1ccccc1. The Morgan fingerprint density at radius 1 is 1.00 bits per heavy atom. The molecule has 0 aliphatic rings. The van der Waals surface area contributed by atoms with Crippen molar-refractivity contribution in [3.8, 4) is 0 Å². The Labute approximate surface area is 183 Å². The Kier molecular flexibility index (Phi) is 12.6. The van der Waals surface area contributed by atoms with Crippen molar-refractivity contribution in [2.45, 2.75) is 71.1 Å². The third kappa shape index (κ3) is 9.00. The van der Waals surface area contributed by atoms with Crippen molar-refractivity contribution in [1.82, 2.24) is 4.90 Å². The minimum Gasteiger partial charge on any atom is -0.462 e. The van der Waals surface area contributed by atoms with Gasteiger partial charge >= 0.3 is 5.97 Å². The van der Waals surface area contributed by atoms with E-state index in [1.165, 1.54) is 31.4 Å².